The van der Waals surface area contributed by atoms with Gasteiger partial charge in [0.15, 0.2) is 0 Å². The van der Waals surface area contributed by atoms with Crippen molar-refractivity contribution in [3.8, 4) is 9.88 Å². The van der Waals surface area contributed by atoms with Crippen LogP contribution in [0.5, 0.6) is 0 Å². The zero-order valence-electron chi connectivity index (χ0n) is 11.3. The fourth-order valence-corrected chi connectivity index (χ4v) is 3.27. The smallest absolute Gasteiger partial charge is 0.328 e. The predicted molar refractivity (Wildman–Crippen MR) is 79.3 cm³/mol. The van der Waals surface area contributed by atoms with Gasteiger partial charge in [-0.1, -0.05) is 6.07 Å². The van der Waals surface area contributed by atoms with Crippen LogP contribution in [0, 0.1) is 6.92 Å². The van der Waals surface area contributed by atoms with E-state index in [0.717, 1.165) is 9.88 Å². The maximum atomic E-state index is 12.2. The third-order valence-electron chi connectivity index (χ3n) is 2.70. The zero-order chi connectivity index (χ0) is 14.9. The van der Waals surface area contributed by atoms with E-state index in [1.54, 1.807) is 18.3 Å². The molecule has 0 unspecified atom stereocenters. The van der Waals surface area contributed by atoms with Crippen molar-refractivity contribution in [3.63, 3.8) is 0 Å². The van der Waals surface area contributed by atoms with Crippen LogP contribution in [0.15, 0.2) is 17.5 Å². The van der Waals surface area contributed by atoms with Gasteiger partial charge in [-0.2, -0.15) is 0 Å². The summed E-state index contributed by atoms with van der Waals surface area (Å²) < 4.78 is 0. The molecule has 2 N–H and O–H groups in total. The number of hydrogen-bond donors (Lipinski definition) is 2. The first kappa shape index (κ1) is 14.7. The predicted octanol–water partition coefficient (Wildman–Crippen LogP) is 2.77. The van der Waals surface area contributed by atoms with Crippen molar-refractivity contribution in [1.29, 1.82) is 0 Å². The third kappa shape index (κ3) is 2.88. The minimum Gasteiger partial charge on any atom is -0.480 e. The Morgan fingerprint density at radius 2 is 2.10 bits per heavy atom. The minimum absolute atomic E-state index is 0.407. The number of carbonyl (C=O) groups is 2. The molecule has 0 aliphatic heterocycles. The number of aliphatic carboxylic acids is 1. The maximum Gasteiger partial charge on any atom is 0.328 e. The van der Waals surface area contributed by atoms with E-state index in [1.807, 2.05) is 17.5 Å². The Bertz CT molecular complexity index is 645. The van der Waals surface area contributed by atoms with E-state index in [1.165, 1.54) is 25.2 Å². The maximum absolute atomic E-state index is 12.2. The number of thiazole rings is 1. The Morgan fingerprint density at radius 3 is 2.65 bits per heavy atom. The largest absolute Gasteiger partial charge is 0.480 e. The minimum atomic E-state index is -1.31. The van der Waals surface area contributed by atoms with Crippen LogP contribution in [0.2, 0.25) is 0 Å². The number of carboxylic acid groups (broad SMARTS) is 1. The summed E-state index contributed by atoms with van der Waals surface area (Å²) in [4.78, 5) is 29.0. The van der Waals surface area contributed by atoms with E-state index in [-0.39, 0.29) is 0 Å². The van der Waals surface area contributed by atoms with Gasteiger partial charge in [0, 0.05) is 0 Å². The molecule has 2 rings (SSSR count). The fourth-order valence-electron chi connectivity index (χ4n) is 1.51. The summed E-state index contributed by atoms with van der Waals surface area (Å²) in [6.45, 7) is 4.64. The van der Waals surface area contributed by atoms with Gasteiger partial charge in [0.25, 0.3) is 5.91 Å². The summed E-state index contributed by atoms with van der Waals surface area (Å²) in [5.41, 5.74) is -0.701. The lowest BCUT2D eigenvalue weighted by atomic mass is 10.1. The first-order valence-corrected chi connectivity index (χ1v) is 7.58. The van der Waals surface area contributed by atoms with Crippen molar-refractivity contribution >= 4 is 34.6 Å². The van der Waals surface area contributed by atoms with Crippen molar-refractivity contribution in [3.05, 3.63) is 28.1 Å². The fraction of sp³-hybridized carbons (Fsp3) is 0.308. The molecule has 0 spiro atoms. The second-order valence-electron chi connectivity index (χ2n) is 4.80. The van der Waals surface area contributed by atoms with E-state index >= 15 is 0 Å². The van der Waals surface area contributed by atoms with Crippen LogP contribution in [0.4, 0.5) is 0 Å². The lowest BCUT2D eigenvalue weighted by Gasteiger charge is -2.20. The molecule has 2 aromatic heterocycles. The zero-order valence-corrected chi connectivity index (χ0v) is 12.9. The summed E-state index contributed by atoms with van der Waals surface area (Å²) >= 11 is 2.82. The number of aryl methyl sites for hydroxylation is 1. The monoisotopic (exact) mass is 310 g/mol. The SMILES string of the molecule is Cc1nc(-c2cccs2)sc1C(=O)NC(C)(C)C(=O)O. The molecule has 1 amide bonds. The molecular formula is C13H14N2O3S2. The van der Waals surface area contributed by atoms with Crippen LogP contribution < -0.4 is 5.32 Å². The second kappa shape index (κ2) is 5.34. The summed E-state index contributed by atoms with van der Waals surface area (Å²) in [6.07, 6.45) is 0. The average Bonchev–Trinajstić information content (AvgIpc) is 2.96. The number of amides is 1. The number of carboxylic acids is 1. The Kier molecular flexibility index (Phi) is 3.92. The van der Waals surface area contributed by atoms with Gasteiger partial charge >= 0.3 is 5.97 Å². The Labute approximate surface area is 124 Å². The van der Waals surface area contributed by atoms with Crippen LogP contribution in [0.25, 0.3) is 9.88 Å². The third-order valence-corrected chi connectivity index (χ3v) is 4.89. The average molecular weight is 310 g/mol. The molecule has 7 heteroatoms. The molecule has 0 bridgehead atoms. The number of hydrogen-bond acceptors (Lipinski definition) is 5. The first-order valence-electron chi connectivity index (χ1n) is 5.88. The molecule has 5 nitrogen and oxygen atoms in total. The highest BCUT2D eigenvalue weighted by Crippen LogP contribution is 2.31. The molecule has 0 aliphatic rings. The molecule has 0 radical (unpaired) electrons. The van der Waals surface area contributed by atoms with E-state index in [9.17, 15) is 9.59 Å². The molecule has 0 aliphatic carbocycles. The van der Waals surface area contributed by atoms with Gasteiger partial charge in [-0.3, -0.25) is 4.79 Å². The summed E-state index contributed by atoms with van der Waals surface area (Å²) in [6, 6.07) is 3.86. The molecule has 20 heavy (non-hydrogen) atoms. The van der Waals surface area contributed by atoms with E-state index in [4.69, 9.17) is 5.11 Å². The molecule has 0 saturated heterocycles. The van der Waals surface area contributed by atoms with E-state index in [0.29, 0.717) is 10.6 Å². The van der Waals surface area contributed by atoms with E-state index in [2.05, 4.69) is 10.3 Å². The van der Waals surface area contributed by atoms with Gasteiger partial charge < -0.3 is 10.4 Å². The van der Waals surface area contributed by atoms with Gasteiger partial charge in [0.1, 0.15) is 15.4 Å². The van der Waals surface area contributed by atoms with Crippen molar-refractivity contribution < 1.29 is 14.7 Å². The van der Waals surface area contributed by atoms with Crippen LogP contribution >= 0.6 is 22.7 Å². The highest BCUT2D eigenvalue weighted by molar-refractivity contribution is 7.22. The Hall–Kier alpha value is -1.73. The molecular weight excluding hydrogens is 296 g/mol. The topological polar surface area (TPSA) is 79.3 Å². The van der Waals surface area contributed by atoms with Crippen molar-refractivity contribution in [2.24, 2.45) is 0 Å². The molecule has 2 aromatic rings. The first-order chi connectivity index (χ1) is 9.31. The number of nitrogens with zero attached hydrogens (tertiary/aromatic N) is 1. The molecule has 106 valence electrons. The molecule has 0 fully saturated rings. The van der Waals surface area contributed by atoms with E-state index < -0.39 is 17.4 Å². The van der Waals surface area contributed by atoms with Crippen molar-refractivity contribution in [2.45, 2.75) is 26.3 Å². The number of nitrogens with one attached hydrogen (secondary N) is 1. The number of rotatable bonds is 4. The van der Waals surface area contributed by atoms with Crippen LogP contribution in [-0.2, 0) is 4.79 Å². The standard InChI is InChI=1S/C13H14N2O3S2/c1-7-9(10(16)15-13(2,3)12(17)18)20-11(14-7)8-5-4-6-19-8/h4-6H,1-3H3,(H,15,16)(H,17,18). The van der Waals surface area contributed by atoms with Gasteiger partial charge in [-0.25, -0.2) is 9.78 Å². The molecule has 0 saturated carbocycles. The quantitative estimate of drug-likeness (QED) is 0.910. The summed E-state index contributed by atoms with van der Waals surface area (Å²) in [5.74, 6) is -1.48. The Balaban J connectivity index is 2.26. The molecule has 0 aromatic carbocycles. The lowest BCUT2D eigenvalue weighted by molar-refractivity contribution is -0.143. The molecule has 0 atom stereocenters. The number of carbonyl (C=O) groups excluding carboxylic acids is 1. The Morgan fingerprint density at radius 1 is 1.40 bits per heavy atom. The van der Waals surface area contributed by atoms with Gasteiger partial charge in [-0.05, 0) is 32.2 Å². The van der Waals surface area contributed by atoms with Crippen molar-refractivity contribution in [2.75, 3.05) is 0 Å². The molecule has 2 heterocycles. The highest BCUT2D eigenvalue weighted by Gasteiger charge is 2.30. The normalized spacial score (nSPS) is 11.3. The number of aromatic nitrogens is 1. The van der Waals surface area contributed by atoms with Gasteiger partial charge in [0.2, 0.25) is 0 Å². The second-order valence-corrected chi connectivity index (χ2v) is 6.74. The van der Waals surface area contributed by atoms with Crippen LogP contribution in [0.1, 0.15) is 29.2 Å². The van der Waals surface area contributed by atoms with Crippen molar-refractivity contribution in [1.82, 2.24) is 10.3 Å². The van der Waals surface area contributed by atoms with Crippen LogP contribution in [0.3, 0.4) is 0 Å². The highest BCUT2D eigenvalue weighted by atomic mass is 32.1. The van der Waals surface area contributed by atoms with Gasteiger partial charge in [-0.15, -0.1) is 22.7 Å². The van der Waals surface area contributed by atoms with Crippen LogP contribution in [-0.4, -0.2) is 27.5 Å². The summed E-state index contributed by atoms with van der Waals surface area (Å²) in [7, 11) is 0. The number of thiophene rings is 1. The van der Waals surface area contributed by atoms with Gasteiger partial charge in [0.05, 0.1) is 10.6 Å². The summed E-state index contributed by atoms with van der Waals surface area (Å²) in [5, 5.41) is 14.3. The lowest BCUT2D eigenvalue weighted by Crippen LogP contribution is -2.49.